The van der Waals surface area contributed by atoms with Gasteiger partial charge in [-0.05, 0) is 25.0 Å². The Hall–Kier alpha value is -0.473. The first-order valence-electron chi connectivity index (χ1n) is 4.06. The third-order valence-electron chi connectivity index (χ3n) is 2.30. The van der Waals surface area contributed by atoms with Crippen LogP contribution >= 0.6 is 11.1 Å². The van der Waals surface area contributed by atoms with Crippen molar-refractivity contribution in [2.24, 2.45) is 0 Å². The maximum Gasteiger partial charge on any atom is 0.311 e. The average Bonchev–Trinajstić information content (AvgIpc) is 2.40. The first-order chi connectivity index (χ1) is 5.83. The molecular weight excluding hydrogens is 186 g/mol. The minimum Gasteiger partial charge on any atom is -0.382 e. The summed E-state index contributed by atoms with van der Waals surface area (Å²) in [6, 6.07) is 9.06. The van der Waals surface area contributed by atoms with Crippen molar-refractivity contribution < 1.29 is 0 Å². The maximum atomic E-state index is 5.88. The summed E-state index contributed by atoms with van der Waals surface area (Å²) in [7, 11) is 0.364. The molecule has 0 saturated carbocycles. The number of rotatable bonds is 1. The Kier molecular flexibility index (Phi) is 2.11. The highest BCUT2D eigenvalue weighted by Gasteiger charge is 2.24. The van der Waals surface area contributed by atoms with E-state index in [1.165, 1.54) is 11.3 Å². The number of anilines is 1. The van der Waals surface area contributed by atoms with E-state index in [0.29, 0.717) is 15.0 Å². The van der Waals surface area contributed by atoms with Crippen LogP contribution in [0.1, 0.15) is 12.5 Å². The zero-order valence-corrected chi connectivity index (χ0v) is 8.67. The van der Waals surface area contributed by atoms with E-state index in [0.717, 1.165) is 6.42 Å². The molecule has 1 unspecified atom stereocenters. The molecule has 0 fully saturated rings. The second-order valence-electron chi connectivity index (χ2n) is 3.14. The van der Waals surface area contributed by atoms with Crippen LogP contribution in [0.3, 0.4) is 0 Å². The summed E-state index contributed by atoms with van der Waals surface area (Å²) >= 11 is 5.88. The first kappa shape index (κ1) is 8.14. The van der Waals surface area contributed by atoms with E-state index >= 15 is 0 Å². The molecule has 1 atom stereocenters. The fourth-order valence-electron chi connectivity index (χ4n) is 1.69. The van der Waals surface area contributed by atoms with E-state index < -0.39 is 0 Å². The Morgan fingerprint density at radius 1 is 1.50 bits per heavy atom. The predicted octanol–water partition coefficient (Wildman–Crippen LogP) is 2.21. The van der Waals surface area contributed by atoms with Gasteiger partial charge in [0.1, 0.15) is 0 Å². The average molecular weight is 196 g/mol. The molecule has 0 spiro atoms. The van der Waals surface area contributed by atoms with Crippen LogP contribution in [-0.4, -0.2) is 15.0 Å². The molecule has 1 aromatic carbocycles. The fourth-order valence-corrected chi connectivity index (χ4v) is 3.03. The molecule has 0 amide bonds. The van der Waals surface area contributed by atoms with Crippen molar-refractivity contribution in [3.63, 3.8) is 0 Å². The van der Waals surface area contributed by atoms with Crippen molar-refractivity contribution in [2.75, 3.05) is 4.57 Å². The zero-order chi connectivity index (χ0) is 8.55. The molecule has 2 radical (unpaired) electrons. The Balaban J connectivity index is 2.40. The van der Waals surface area contributed by atoms with Gasteiger partial charge in [-0.2, -0.15) is 0 Å². The van der Waals surface area contributed by atoms with E-state index in [2.05, 4.69) is 35.8 Å². The topological polar surface area (TPSA) is 3.24 Å². The van der Waals surface area contributed by atoms with Crippen LogP contribution < -0.4 is 4.57 Å². The van der Waals surface area contributed by atoms with Crippen molar-refractivity contribution in [1.82, 2.24) is 0 Å². The molecular formula is C9H10ClNSi. The first-order valence-corrected chi connectivity index (χ1v) is 6.02. The highest BCUT2D eigenvalue weighted by atomic mass is 35.6. The summed E-state index contributed by atoms with van der Waals surface area (Å²) in [6.45, 7) is 2.22. The second kappa shape index (κ2) is 3.11. The highest BCUT2D eigenvalue weighted by molar-refractivity contribution is 6.95. The third-order valence-corrected chi connectivity index (χ3v) is 3.71. The van der Waals surface area contributed by atoms with Gasteiger partial charge in [-0.3, -0.25) is 0 Å². The van der Waals surface area contributed by atoms with Crippen LogP contribution in [0, 0.1) is 0 Å². The minimum absolute atomic E-state index is 0.364. The lowest BCUT2D eigenvalue weighted by Crippen LogP contribution is -2.30. The quantitative estimate of drug-likeness (QED) is 0.491. The van der Waals surface area contributed by atoms with E-state index in [4.69, 9.17) is 11.1 Å². The van der Waals surface area contributed by atoms with E-state index in [1.807, 2.05) is 0 Å². The molecule has 0 aromatic heterocycles. The van der Waals surface area contributed by atoms with Crippen molar-refractivity contribution in [1.29, 1.82) is 0 Å². The van der Waals surface area contributed by atoms with Gasteiger partial charge in [0.2, 0.25) is 0 Å². The summed E-state index contributed by atoms with van der Waals surface area (Å²) in [6.07, 6.45) is 1.13. The molecule has 0 N–H and O–H groups in total. The fraction of sp³-hybridized carbons (Fsp3) is 0.333. The van der Waals surface area contributed by atoms with E-state index in [1.54, 1.807) is 0 Å². The number of hydrogen-bond acceptors (Lipinski definition) is 1. The molecule has 1 heterocycles. The standard InChI is InChI=1S/C9H10ClNSi/c1-7-6-8-4-2-3-5-9(8)11(7)12-10/h2-5,7H,6H2,1H3. The van der Waals surface area contributed by atoms with Gasteiger partial charge in [-0.15, -0.1) is 11.1 Å². The van der Waals surface area contributed by atoms with Crippen LogP contribution in [0.25, 0.3) is 0 Å². The van der Waals surface area contributed by atoms with Crippen molar-refractivity contribution in [3.05, 3.63) is 29.8 Å². The van der Waals surface area contributed by atoms with Crippen LogP contribution in [0.15, 0.2) is 24.3 Å². The van der Waals surface area contributed by atoms with E-state index in [-0.39, 0.29) is 0 Å². The van der Waals surface area contributed by atoms with Gasteiger partial charge >= 0.3 is 8.99 Å². The van der Waals surface area contributed by atoms with Crippen molar-refractivity contribution in [3.8, 4) is 0 Å². The molecule has 0 aliphatic carbocycles. The van der Waals surface area contributed by atoms with Crippen LogP contribution in [0.4, 0.5) is 5.69 Å². The number of benzene rings is 1. The Bertz CT molecular complexity index is 290. The van der Waals surface area contributed by atoms with Gasteiger partial charge in [0, 0.05) is 11.7 Å². The van der Waals surface area contributed by atoms with Gasteiger partial charge in [0.05, 0.1) is 0 Å². The summed E-state index contributed by atoms with van der Waals surface area (Å²) in [5.41, 5.74) is 2.75. The van der Waals surface area contributed by atoms with Crippen molar-refractivity contribution in [2.45, 2.75) is 19.4 Å². The molecule has 2 rings (SSSR count). The zero-order valence-electron chi connectivity index (χ0n) is 6.92. The summed E-state index contributed by atoms with van der Waals surface area (Å²) in [5, 5.41) is 0. The molecule has 1 aliphatic rings. The molecule has 1 nitrogen and oxygen atoms in total. The summed E-state index contributed by atoms with van der Waals surface area (Å²) in [5.74, 6) is 0. The summed E-state index contributed by atoms with van der Waals surface area (Å²) < 4.78 is 2.26. The number of halogens is 1. The monoisotopic (exact) mass is 195 g/mol. The maximum absolute atomic E-state index is 5.88. The molecule has 1 aliphatic heterocycles. The van der Waals surface area contributed by atoms with Gasteiger partial charge in [0.25, 0.3) is 0 Å². The third kappa shape index (κ3) is 1.15. The van der Waals surface area contributed by atoms with Crippen LogP contribution in [0.2, 0.25) is 0 Å². The van der Waals surface area contributed by atoms with Crippen molar-refractivity contribution >= 4 is 25.8 Å². The Morgan fingerprint density at radius 3 is 3.00 bits per heavy atom. The van der Waals surface area contributed by atoms with Gasteiger partial charge in [-0.1, -0.05) is 18.2 Å². The predicted molar refractivity (Wildman–Crippen MR) is 53.7 cm³/mol. The lowest BCUT2D eigenvalue weighted by molar-refractivity contribution is 0.787. The number of para-hydroxylation sites is 1. The number of nitrogens with zero attached hydrogens (tertiary/aromatic N) is 1. The largest absolute Gasteiger partial charge is 0.382 e. The minimum atomic E-state index is 0.364. The molecule has 3 heteroatoms. The van der Waals surface area contributed by atoms with E-state index in [9.17, 15) is 0 Å². The Labute approximate surface area is 79.9 Å². The number of hydrogen-bond donors (Lipinski definition) is 0. The normalized spacial score (nSPS) is 21.2. The number of fused-ring (bicyclic) bond motifs is 1. The second-order valence-corrected chi connectivity index (χ2v) is 4.29. The lowest BCUT2D eigenvalue weighted by atomic mass is 10.1. The molecule has 1 aromatic rings. The Morgan fingerprint density at radius 2 is 2.25 bits per heavy atom. The molecule has 62 valence electrons. The SMILES string of the molecule is CC1Cc2ccccc2N1[Si]Cl. The molecule has 0 saturated heterocycles. The van der Waals surface area contributed by atoms with Gasteiger partial charge in [0.15, 0.2) is 0 Å². The highest BCUT2D eigenvalue weighted by Crippen LogP contribution is 2.30. The summed E-state index contributed by atoms with van der Waals surface area (Å²) in [4.78, 5) is 0. The van der Waals surface area contributed by atoms with Crippen LogP contribution in [-0.2, 0) is 6.42 Å². The van der Waals surface area contributed by atoms with Gasteiger partial charge in [-0.25, -0.2) is 0 Å². The smallest absolute Gasteiger partial charge is 0.311 e. The molecule has 12 heavy (non-hydrogen) atoms. The van der Waals surface area contributed by atoms with Gasteiger partial charge < -0.3 is 4.57 Å². The lowest BCUT2D eigenvalue weighted by Gasteiger charge is -2.20. The molecule has 0 bridgehead atoms. The van der Waals surface area contributed by atoms with Crippen LogP contribution in [0.5, 0.6) is 0 Å².